The molecule has 1 aliphatic heterocycles. The Hall–Kier alpha value is -0.0800. The topological polar surface area (TPSA) is 15.3 Å². The molecule has 14 heavy (non-hydrogen) atoms. The molecular weight excluding hydrogens is 172 g/mol. The molecule has 2 rings (SSSR count). The zero-order valence-electron chi connectivity index (χ0n) is 9.63. The van der Waals surface area contributed by atoms with E-state index in [4.69, 9.17) is 0 Å². The minimum atomic E-state index is 0.980. The molecule has 1 heterocycles. The van der Waals surface area contributed by atoms with Crippen molar-refractivity contribution < 1.29 is 0 Å². The third kappa shape index (κ3) is 2.48. The Morgan fingerprint density at radius 2 is 1.71 bits per heavy atom. The van der Waals surface area contributed by atoms with Crippen LogP contribution in [0.1, 0.15) is 25.7 Å². The summed E-state index contributed by atoms with van der Waals surface area (Å²) in [6.07, 6.45) is 5.86. The molecule has 82 valence electrons. The van der Waals surface area contributed by atoms with Crippen LogP contribution >= 0.6 is 0 Å². The van der Waals surface area contributed by atoms with Crippen LogP contribution in [0.4, 0.5) is 0 Å². The maximum absolute atomic E-state index is 3.38. The summed E-state index contributed by atoms with van der Waals surface area (Å²) in [7, 11) is 4.35. The standard InChI is InChI=1S/C12H24N2/c1-13-9-12(10-3-4-10)11-5-7-14(2)8-6-11/h10-13H,3-9H2,1-2H3. The molecule has 1 aliphatic carbocycles. The molecule has 0 aromatic heterocycles. The second-order valence-corrected chi connectivity index (χ2v) is 5.20. The fourth-order valence-corrected chi connectivity index (χ4v) is 2.94. The maximum Gasteiger partial charge on any atom is -0.00182 e. The van der Waals surface area contributed by atoms with Crippen molar-refractivity contribution in [2.45, 2.75) is 25.7 Å². The Morgan fingerprint density at radius 1 is 1.14 bits per heavy atom. The summed E-state index contributed by atoms with van der Waals surface area (Å²) < 4.78 is 0. The lowest BCUT2D eigenvalue weighted by molar-refractivity contribution is 0.157. The van der Waals surface area contributed by atoms with Gasteiger partial charge in [0.05, 0.1) is 0 Å². The molecule has 0 aromatic carbocycles. The third-order valence-electron chi connectivity index (χ3n) is 4.04. The lowest BCUT2D eigenvalue weighted by Gasteiger charge is -2.34. The fraction of sp³-hybridized carbons (Fsp3) is 1.00. The van der Waals surface area contributed by atoms with E-state index in [1.165, 1.54) is 45.3 Å². The first-order chi connectivity index (χ1) is 6.81. The van der Waals surface area contributed by atoms with Crippen LogP contribution in [0.15, 0.2) is 0 Å². The van der Waals surface area contributed by atoms with E-state index in [0.29, 0.717) is 0 Å². The number of likely N-dealkylation sites (tertiary alicyclic amines) is 1. The van der Waals surface area contributed by atoms with Crippen molar-refractivity contribution in [3.8, 4) is 0 Å². The third-order valence-corrected chi connectivity index (χ3v) is 4.04. The highest BCUT2D eigenvalue weighted by Crippen LogP contribution is 2.43. The quantitative estimate of drug-likeness (QED) is 0.734. The molecule has 2 fully saturated rings. The normalized spacial score (nSPS) is 27.9. The van der Waals surface area contributed by atoms with Crippen LogP contribution in [-0.2, 0) is 0 Å². The van der Waals surface area contributed by atoms with Crippen LogP contribution in [-0.4, -0.2) is 38.6 Å². The maximum atomic E-state index is 3.38. The van der Waals surface area contributed by atoms with Crippen LogP contribution in [0, 0.1) is 17.8 Å². The molecule has 1 saturated heterocycles. The first-order valence-electron chi connectivity index (χ1n) is 6.14. The highest BCUT2D eigenvalue weighted by atomic mass is 15.1. The van der Waals surface area contributed by atoms with Gasteiger partial charge in [0.1, 0.15) is 0 Å². The van der Waals surface area contributed by atoms with Crippen molar-refractivity contribution >= 4 is 0 Å². The zero-order chi connectivity index (χ0) is 9.97. The van der Waals surface area contributed by atoms with Gasteiger partial charge < -0.3 is 10.2 Å². The Bertz CT molecular complexity index is 169. The summed E-state index contributed by atoms with van der Waals surface area (Å²) in [6.45, 7) is 3.88. The molecule has 0 bridgehead atoms. The van der Waals surface area contributed by atoms with Crippen molar-refractivity contribution in [2.24, 2.45) is 17.8 Å². The molecule has 0 aromatic rings. The molecule has 2 heteroatoms. The molecule has 0 amide bonds. The second kappa shape index (κ2) is 4.63. The highest BCUT2D eigenvalue weighted by molar-refractivity contribution is 4.88. The molecule has 0 radical (unpaired) electrons. The summed E-state index contributed by atoms with van der Waals surface area (Å²) in [4.78, 5) is 2.47. The Balaban J connectivity index is 1.84. The molecule has 2 aliphatic rings. The van der Waals surface area contributed by atoms with Gasteiger partial charge >= 0.3 is 0 Å². The van der Waals surface area contributed by atoms with E-state index >= 15 is 0 Å². The predicted octanol–water partition coefficient (Wildman–Crippen LogP) is 1.57. The van der Waals surface area contributed by atoms with Crippen LogP contribution < -0.4 is 5.32 Å². The van der Waals surface area contributed by atoms with E-state index in [1.54, 1.807) is 0 Å². The van der Waals surface area contributed by atoms with Crippen molar-refractivity contribution in [3.63, 3.8) is 0 Å². The number of rotatable bonds is 4. The van der Waals surface area contributed by atoms with E-state index in [-0.39, 0.29) is 0 Å². The van der Waals surface area contributed by atoms with Crippen molar-refractivity contribution in [2.75, 3.05) is 33.7 Å². The Morgan fingerprint density at radius 3 is 2.21 bits per heavy atom. The van der Waals surface area contributed by atoms with Gasteiger partial charge in [0, 0.05) is 0 Å². The summed E-state index contributed by atoms with van der Waals surface area (Å²) in [5, 5.41) is 3.38. The van der Waals surface area contributed by atoms with Crippen LogP contribution in [0.2, 0.25) is 0 Å². The molecular formula is C12H24N2. The largest absolute Gasteiger partial charge is 0.319 e. The summed E-state index contributed by atoms with van der Waals surface area (Å²) >= 11 is 0. The SMILES string of the molecule is CNCC(C1CC1)C1CCN(C)CC1. The van der Waals surface area contributed by atoms with E-state index in [1.807, 2.05) is 0 Å². The second-order valence-electron chi connectivity index (χ2n) is 5.20. The van der Waals surface area contributed by atoms with Crippen molar-refractivity contribution in [1.29, 1.82) is 0 Å². The average molecular weight is 196 g/mol. The van der Waals surface area contributed by atoms with Crippen molar-refractivity contribution in [1.82, 2.24) is 10.2 Å². The zero-order valence-corrected chi connectivity index (χ0v) is 9.63. The van der Waals surface area contributed by atoms with Gasteiger partial charge in [0.25, 0.3) is 0 Å². The lowest BCUT2D eigenvalue weighted by Crippen LogP contribution is -2.37. The number of nitrogens with zero attached hydrogens (tertiary/aromatic N) is 1. The summed E-state index contributed by atoms with van der Waals surface area (Å²) in [5.74, 6) is 3.05. The van der Waals surface area contributed by atoms with Crippen LogP contribution in [0.25, 0.3) is 0 Å². The van der Waals surface area contributed by atoms with Crippen LogP contribution in [0.3, 0.4) is 0 Å². The highest BCUT2D eigenvalue weighted by Gasteiger charge is 2.36. The smallest absolute Gasteiger partial charge is 0.00182 e. The molecule has 0 spiro atoms. The van der Waals surface area contributed by atoms with Crippen LogP contribution in [0.5, 0.6) is 0 Å². The molecule has 2 nitrogen and oxygen atoms in total. The van der Waals surface area contributed by atoms with Gasteiger partial charge in [-0.2, -0.15) is 0 Å². The average Bonchev–Trinajstić information content (AvgIpc) is 2.99. The van der Waals surface area contributed by atoms with E-state index in [9.17, 15) is 0 Å². The molecule has 1 saturated carbocycles. The monoisotopic (exact) mass is 196 g/mol. The van der Waals surface area contributed by atoms with Gasteiger partial charge in [-0.25, -0.2) is 0 Å². The predicted molar refractivity (Wildman–Crippen MR) is 60.4 cm³/mol. The van der Waals surface area contributed by atoms with E-state index < -0.39 is 0 Å². The number of hydrogen-bond donors (Lipinski definition) is 1. The van der Waals surface area contributed by atoms with Gasteiger partial charge in [-0.15, -0.1) is 0 Å². The van der Waals surface area contributed by atoms with Crippen molar-refractivity contribution in [3.05, 3.63) is 0 Å². The molecule has 1 unspecified atom stereocenters. The first kappa shape index (κ1) is 10.4. The number of hydrogen-bond acceptors (Lipinski definition) is 2. The number of piperidine rings is 1. The van der Waals surface area contributed by atoms with Gasteiger partial charge in [-0.05, 0) is 77.2 Å². The fourth-order valence-electron chi connectivity index (χ4n) is 2.94. The van der Waals surface area contributed by atoms with E-state index in [0.717, 1.165) is 17.8 Å². The van der Waals surface area contributed by atoms with Gasteiger partial charge in [-0.3, -0.25) is 0 Å². The molecule has 1 N–H and O–H groups in total. The van der Waals surface area contributed by atoms with E-state index in [2.05, 4.69) is 24.3 Å². The summed E-state index contributed by atoms with van der Waals surface area (Å²) in [6, 6.07) is 0. The minimum absolute atomic E-state index is 0.980. The van der Waals surface area contributed by atoms with Gasteiger partial charge in [0.2, 0.25) is 0 Å². The first-order valence-corrected chi connectivity index (χ1v) is 6.14. The number of nitrogens with one attached hydrogen (secondary N) is 1. The van der Waals surface area contributed by atoms with Gasteiger partial charge in [-0.1, -0.05) is 0 Å². The van der Waals surface area contributed by atoms with Gasteiger partial charge in [0.15, 0.2) is 0 Å². The minimum Gasteiger partial charge on any atom is -0.319 e. The Kier molecular flexibility index (Phi) is 3.45. The lowest BCUT2D eigenvalue weighted by atomic mass is 9.81. The summed E-state index contributed by atoms with van der Waals surface area (Å²) in [5.41, 5.74) is 0. The molecule has 1 atom stereocenters. The Labute approximate surface area is 88.1 Å².